The van der Waals surface area contributed by atoms with Crippen molar-refractivity contribution < 1.29 is 13.2 Å². The molecule has 26 heavy (non-hydrogen) atoms. The lowest BCUT2D eigenvalue weighted by Gasteiger charge is -2.22. The first kappa shape index (κ1) is 18.6. The first-order valence-corrected chi connectivity index (χ1v) is 10.8. The Morgan fingerprint density at radius 2 is 2.08 bits per heavy atom. The van der Waals surface area contributed by atoms with Gasteiger partial charge in [-0.05, 0) is 49.6 Å². The van der Waals surface area contributed by atoms with Gasteiger partial charge in [-0.1, -0.05) is 12.1 Å². The summed E-state index contributed by atoms with van der Waals surface area (Å²) in [4.78, 5) is 12.4. The fourth-order valence-electron chi connectivity index (χ4n) is 2.97. The summed E-state index contributed by atoms with van der Waals surface area (Å²) in [6.07, 6.45) is 5.71. The number of anilines is 1. The molecule has 7 nitrogen and oxygen atoms in total. The lowest BCUT2D eigenvalue weighted by atomic mass is 10.1. The second-order valence-corrected chi connectivity index (χ2v) is 8.97. The Kier molecular flexibility index (Phi) is 5.73. The predicted octanol–water partition coefficient (Wildman–Crippen LogP) is 1.65. The second kappa shape index (κ2) is 8.01. The minimum absolute atomic E-state index is 0.117. The minimum atomic E-state index is -2.98. The lowest BCUT2D eigenvalue weighted by molar-refractivity contribution is 0.102. The van der Waals surface area contributed by atoms with Crippen LogP contribution in [0.15, 0.2) is 36.5 Å². The Balaban J connectivity index is 1.58. The van der Waals surface area contributed by atoms with Crippen molar-refractivity contribution in [1.29, 1.82) is 0 Å². The number of carbonyl (C=O) groups excluding carboxylic acids is 1. The van der Waals surface area contributed by atoms with Gasteiger partial charge in [-0.3, -0.25) is 9.48 Å². The molecule has 0 saturated carbocycles. The van der Waals surface area contributed by atoms with Crippen LogP contribution >= 0.6 is 0 Å². The molecule has 2 aromatic rings. The standard InChI is InChI=1S/C18H24N4O3S/c1-26(24,25)12-9-14-4-6-15(7-5-14)20-18(23)17-8-11-22(21-17)16-3-2-10-19-13-16/h4-8,11,16,19H,2-3,9-10,12-13H2,1H3,(H,20,23). The van der Waals surface area contributed by atoms with Crippen LogP contribution in [0.1, 0.15) is 34.9 Å². The molecule has 8 heteroatoms. The van der Waals surface area contributed by atoms with Crippen molar-refractivity contribution in [3.05, 3.63) is 47.8 Å². The smallest absolute Gasteiger partial charge is 0.276 e. The molecular weight excluding hydrogens is 352 g/mol. The first-order valence-electron chi connectivity index (χ1n) is 8.74. The molecule has 1 aromatic heterocycles. The Morgan fingerprint density at radius 1 is 1.31 bits per heavy atom. The quantitative estimate of drug-likeness (QED) is 0.800. The third-order valence-corrected chi connectivity index (χ3v) is 5.41. The second-order valence-electron chi connectivity index (χ2n) is 6.71. The Bertz CT molecular complexity index is 853. The molecule has 1 aliphatic rings. The van der Waals surface area contributed by atoms with Crippen molar-refractivity contribution in [2.45, 2.75) is 25.3 Å². The summed E-state index contributed by atoms with van der Waals surface area (Å²) in [6.45, 7) is 1.91. The molecule has 1 saturated heterocycles. The van der Waals surface area contributed by atoms with Gasteiger partial charge in [-0.25, -0.2) is 8.42 Å². The summed E-state index contributed by atoms with van der Waals surface area (Å²) in [6, 6.07) is 9.22. The zero-order valence-corrected chi connectivity index (χ0v) is 15.6. The van der Waals surface area contributed by atoms with Crippen molar-refractivity contribution in [3.8, 4) is 0 Å². The van der Waals surface area contributed by atoms with E-state index in [1.165, 1.54) is 6.26 Å². The highest BCUT2D eigenvalue weighted by molar-refractivity contribution is 7.90. The zero-order chi connectivity index (χ0) is 18.6. The van der Waals surface area contributed by atoms with Crippen molar-refractivity contribution in [3.63, 3.8) is 0 Å². The number of rotatable bonds is 6. The third-order valence-electron chi connectivity index (χ3n) is 4.46. The van der Waals surface area contributed by atoms with E-state index >= 15 is 0 Å². The number of piperidine rings is 1. The number of hydrogen-bond donors (Lipinski definition) is 2. The maximum Gasteiger partial charge on any atom is 0.276 e. The summed E-state index contributed by atoms with van der Waals surface area (Å²) in [7, 11) is -2.98. The van der Waals surface area contributed by atoms with Crippen LogP contribution in [0.3, 0.4) is 0 Å². The number of hydrogen-bond acceptors (Lipinski definition) is 5. The molecule has 0 aliphatic carbocycles. The molecule has 1 fully saturated rings. The van der Waals surface area contributed by atoms with Gasteiger partial charge in [-0.15, -0.1) is 0 Å². The Hall–Kier alpha value is -2.19. The number of nitrogens with zero attached hydrogens (tertiary/aromatic N) is 2. The van der Waals surface area contributed by atoms with Crippen LogP contribution in [0.25, 0.3) is 0 Å². The van der Waals surface area contributed by atoms with Crippen molar-refractivity contribution in [1.82, 2.24) is 15.1 Å². The van der Waals surface area contributed by atoms with Crippen LogP contribution < -0.4 is 10.6 Å². The fraction of sp³-hybridized carbons (Fsp3) is 0.444. The maximum absolute atomic E-state index is 12.4. The summed E-state index contributed by atoms with van der Waals surface area (Å²) in [5.74, 6) is -0.136. The number of amides is 1. The minimum Gasteiger partial charge on any atom is -0.321 e. The van der Waals surface area contributed by atoms with Crippen LogP contribution in [0.4, 0.5) is 5.69 Å². The molecule has 0 spiro atoms. The van der Waals surface area contributed by atoms with E-state index in [0.29, 0.717) is 23.8 Å². The molecule has 1 aliphatic heterocycles. The van der Waals surface area contributed by atoms with E-state index in [9.17, 15) is 13.2 Å². The van der Waals surface area contributed by atoms with E-state index in [-0.39, 0.29) is 11.7 Å². The number of sulfone groups is 1. The van der Waals surface area contributed by atoms with Gasteiger partial charge < -0.3 is 10.6 Å². The summed E-state index contributed by atoms with van der Waals surface area (Å²) >= 11 is 0. The van der Waals surface area contributed by atoms with Crippen LogP contribution in [0.2, 0.25) is 0 Å². The van der Waals surface area contributed by atoms with Gasteiger partial charge in [-0.2, -0.15) is 5.10 Å². The van der Waals surface area contributed by atoms with E-state index in [0.717, 1.165) is 31.5 Å². The monoisotopic (exact) mass is 376 g/mol. The first-order chi connectivity index (χ1) is 12.4. The normalized spacial score (nSPS) is 17.8. The van der Waals surface area contributed by atoms with Gasteiger partial charge >= 0.3 is 0 Å². The van der Waals surface area contributed by atoms with Gasteiger partial charge in [0.05, 0.1) is 11.8 Å². The van der Waals surface area contributed by atoms with E-state index in [4.69, 9.17) is 0 Å². The van der Waals surface area contributed by atoms with Crippen molar-refractivity contribution in [2.24, 2.45) is 0 Å². The highest BCUT2D eigenvalue weighted by Crippen LogP contribution is 2.17. The van der Waals surface area contributed by atoms with E-state index in [1.54, 1.807) is 18.2 Å². The van der Waals surface area contributed by atoms with E-state index in [1.807, 2.05) is 23.0 Å². The highest BCUT2D eigenvalue weighted by Gasteiger charge is 2.17. The lowest BCUT2D eigenvalue weighted by Crippen LogP contribution is -2.32. The van der Waals surface area contributed by atoms with Crippen LogP contribution in [0.5, 0.6) is 0 Å². The topological polar surface area (TPSA) is 93.1 Å². The van der Waals surface area contributed by atoms with E-state index < -0.39 is 9.84 Å². The number of benzene rings is 1. The largest absolute Gasteiger partial charge is 0.321 e. The van der Waals surface area contributed by atoms with Crippen LogP contribution in [-0.2, 0) is 16.3 Å². The molecule has 1 aromatic carbocycles. The average molecular weight is 376 g/mol. The average Bonchev–Trinajstić information content (AvgIpc) is 3.11. The molecule has 140 valence electrons. The van der Waals surface area contributed by atoms with Gasteiger partial charge in [0.1, 0.15) is 9.84 Å². The zero-order valence-electron chi connectivity index (χ0n) is 14.8. The Morgan fingerprint density at radius 3 is 2.73 bits per heavy atom. The molecule has 1 amide bonds. The molecular formula is C18H24N4O3S. The van der Waals surface area contributed by atoms with Gasteiger partial charge in [0.2, 0.25) is 0 Å². The van der Waals surface area contributed by atoms with Gasteiger partial charge in [0, 0.05) is 24.7 Å². The molecule has 3 rings (SSSR count). The molecule has 2 heterocycles. The molecule has 1 atom stereocenters. The fourth-order valence-corrected chi connectivity index (χ4v) is 3.58. The molecule has 1 unspecified atom stereocenters. The van der Waals surface area contributed by atoms with Gasteiger partial charge in [0.25, 0.3) is 5.91 Å². The van der Waals surface area contributed by atoms with Crippen molar-refractivity contribution >= 4 is 21.4 Å². The highest BCUT2D eigenvalue weighted by atomic mass is 32.2. The van der Waals surface area contributed by atoms with Crippen LogP contribution in [-0.4, -0.2) is 49.2 Å². The molecule has 2 N–H and O–H groups in total. The van der Waals surface area contributed by atoms with Crippen molar-refractivity contribution in [2.75, 3.05) is 30.4 Å². The Labute approximate surface area is 153 Å². The number of carbonyl (C=O) groups is 1. The summed E-state index contributed by atoms with van der Waals surface area (Å²) in [5, 5.41) is 10.6. The summed E-state index contributed by atoms with van der Waals surface area (Å²) < 4.78 is 24.3. The van der Waals surface area contributed by atoms with Crippen LogP contribution in [0, 0.1) is 0 Å². The third kappa shape index (κ3) is 5.15. The number of aromatic nitrogens is 2. The SMILES string of the molecule is CS(=O)(=O)CCc1ccc(NC(=O)c2ccn(C3CCCNC3)n2)cc1. The van der Waals surface area contributed by atoms with E-state index in [2.05, 4.69) is 15.7 Å². The maximum atomic E-state index is 12.4. The number of nitrogens with one attached hydrogen (secondary N) is 2. The summed E-state index contributed by atoms with van der Waals surface area (Å²) in [5.41, 5.74) is 1.96. The number of aryl methyl sites for hydroxylation is 1. The molecule has 0 bridgehead atoms. The predicted molar refractivity (Wildman–Crippen MR) is 101 cm³/mol. The molecule has 0 radical (unpaired) electrons. The van der Waals surface area contributed by atoms with Gasteiger partial charge in [0.15, 0.2) is 5.69 Å².